The van der Waals surface area contributed by atoms with Crippen LogP contribution in [0.2, 0.25) is 0 Å². The van der Waals surface area contributed by atoms with Gasteiger partial charge in [0.1, 0.15) is 23.1 Å². The van der Waals surface area contributed by atoms with Gasteiger partial charge in [0, 0.05) is 19.8 Å². The molecular weight excluding hydrogens is 267 g/mol. The molecule has 0 saturated carbocycles. The van der Waals surface area contributed by atoms with Crippen molar-refractivity contribution < 1.29 is 18.3 Å². The molecule has 0 spiro atoms. The summed E-state index contributed by atoms with van der Waals surface area (Å²) in [5, 5.41) is 9.21. The third-order valence-corrected chi connectivity index (χ3v) is 5.10. The molecule has 0 aromatic heterocycles. The maximum Gasteiger partial charge on any atom is 0.343 e. The molecule has 1 aliphatic rings. The molecule has 0 fully saturated rings. The minimum Gasteiger partial charge on any atom is -0.440 e. The van der Waals surface area contributed by atoms with Gasteiger partial charge in [-0.3, -0.25) is 4.57 Å². The first kappa shape index (κ1) is 13.6. The molecule has 2 rings (SSSR count). The van der Waals surface area contributed by atoms with E-state index in [1.165, 1.54) is 14.2 Å². The summed E-state index contributed by atoms with van der Waals surface area (Å²) >= 11 is 0. The van der Waals surface area contributed by atoms with E-state index in [0.29, 0.717) is 11.3 Å². The van der Waals surface area contributed by atoms with E-state index in [-0.39, 0.29) is 11.5 Å². The first-order valence-electron chi connectivity index (χ1n) is 5.45. The SMILES string of the molecule is COP(=O)(OC)C1C(C#N)=C(N)Oc2ccccc21. The number of rotatable bonds is 3. The summed E-state index contributed by atoms with van der Waals surface area (Å²) in [6, 6.07) is 8.81. The predicted molar refractivity (Wildman–Crippen MR) is 68.3 cm³/mol. The lowest BCUT2D eigenvalue weighted by molar-refractivity contribution is 0.266. The average Bonchev–Trinajstić information content (AvgIpc) is 2.45. The Kier molecular flexibility index (Phi) is 3.63. The van der Waals surface area contributed by atoms with Crippen molar-refractivity contribution in [3.05, 3.63) is 41.3 Å². The maximum atomic E-state index is 12.6. The Hall–Kier alpha value is -1.80. The Morgan fingerprint density at radius 1 is 1.37 bits per heavy atom. The molecule has 19 heavy (non-hydrogen) atoms. The molecule has 0 aliphatic carbocycles. The van der Waals surface area contributed by atoms with Crippen molar-refractivity contribution in [2.24, 2.45) is 5.73 Å². The van der Waals surface area contributed by atoms with Crippen molar-refractivity contribution >= 4 is 7.60 Å². The summed E-state index contributed by atoms with van der Waals surface area (Å²) in [6.07, 6.45) is 0. The highest BCUT2D eigenvalue weighted by Gasteiger charge is 2.44. The van der Waals surface area contributed by atoms with Gasteiger partial charge in [-0.15, -0.1) is 0 Å². The van der Waals surface area contributed by atoms with E-state index in [0.717, 1.165) is 0 Å². The largest absolute Gasteiger partial charge is 0.440 e. The maximum absolute atomic E-state index is 12.6. The Morgan fingerprint density at radius 3 is 2.58 bits per heavy atom. The number of fused-ring (bicyclic) bond motifs is 1. The summed E-state index contributed by atoms with van der Waals surface area (Å²) in [5.74, 6) is 0.360. The second-order valence-corrected chi connectivity index (χ2v) is 6.16. The van der Waals surface area contributed by atoms with Crippen LogP contribution in [0.3, 0.4) is 0 Å². The topological polar surface area (TPSA) is 94.6 Å². The molecule has 0 saturated heterocycles. The lowest BCUT2D eigenvalue weighted by Crippen LogP contribution is -2.21. The Labute approximate surface area is 110 Å². The van der Waals surface area contributed by atoms with Gasteiger partial charge >= 0.3 is 7.60 Å². The van der Waals surface area contributed by atoms with Crippen LogP contribution >= 0.6 is 7.60 Å². The lowest BCUT2D eigenvalue weighted by Gasteiger charge is -2.29. The molecular formula is C12H13N2O4P. The Bertz CT molecular complexity index is 612. The van der Waals surface area contributed by atoms with E-state index in [2.05, 4.69) is 0 Å². The number of nitrogens with two attached hydrogens (primary N) is 1. The van der Waals surface area contributed by atoms with Crippen LogP contribution in [0.5, 0.6) is 5.75 Å². The molecule has 0 amide bonds. The zero-order chi connectivity index (χ0) is 14.0. The van der Waals surface area contributed by atoms with Crippen LogP contribution in [0, 0.1) is 11.3 Å². The van der Waals surface area contributed by atoms with Crippen LogP contribution in [-0.4, -0.2) is 14.2 Å². The zero-order valence-corrected chi connectivity index (χ0v) is 11.4. The number of benzene rings is 1. The summed E-state index contributed by atoms with van der Waals surface area (Å²) in [7, 11) is -0.997. The van der Waals surface area contributed by atoms with Crippen molar-refractivity contribution in [3.8, 4) is 11.8 Å². The van der Waals surface area contributed by atoms with Crippen molar-refractivity contribution in [1.82, 2.24) is 0 Å². The molecule has 0 radical (unpaired) electrons. The number of allylic oxidation sites excluding steroid dienone is 1. The van der Waals surface area contributed by atoms with Crippen LogP contribution in [0.15, 0.2) is 35.7 Å². The lowest BCUT2D eigenvalue weighted by atomic mass is 10.0. The predicted octanol–water partition coefficient (Wildman–Crippen LogP) is 2.30. The number of para-hydroxylation sites is 1. The molecule has 6 nitrogen and oxygen atoms in total. The smallest absolute Gasteiger partial charge is 0.343 e. The number of ether oxygens (including phenoxy) is 1. The van der Waals surface area contributed by atoms with Gasteiger partial charge in [0.15, 0.2) is 0 Å². The first-order chi connectivity index (χ1) is 9.07. The number of hydrogen-bond acceptors (Lipinski definition) is 6. The fourth-order valence-electron chi connectivity index (χ4n) is 1.99. The van der Waals surface area contributed by atoms with Gasteiger partial charge in [0.25, 0.3) is 0 Å². The third kappa shape index (κ3) is 2.13. The van der Waals surface area contributed by atoms with Crippen LogP contribution in [-0.2, 0) is 13.6 Å². The highest BCUT2D eigenvalue weighted by atomic mass is 31.2. The van der Waals surface area contributed by atoms with Gasteiger partial charge in [0.05, 0.1) is 0 Å². The van der Waals surface area contributed by atoms with Crippen LogP contribution < -0.4 is 10.5 Å². The molecule has 1 heterocycles. The summed E-state index contributed by atoms with van der Waals surface area (Å²) in [6.45, 7) is 0. The first-order valence-corrected chi connectivity index (χ1v) is 7.06. The quantitative estimate of drug-likeness (QED) is 0.853. The Morgan fingerprint density at radius 2 is 2.00 bits per heavy atom. The van der Waals surface area contributed by atoms with Crippen LogP contribution in [0.1, 0.15) is 11.2 Å². The van der Waals surface area contributed by atoms with Gasteiger partial charge in [-0.2, -0.15) is 5.26 Å². The van der Waals surface area contributed by atoms with Gasteiger partial charge < -0.3 is 19.5 Å². The van der Waals surface area contributed by atoms with Crippen LogP contribution in [0.25, 0.3) is 0 Å². The standard InChI is InChI=1S/C12H13N2O4P/c1-16-19(15,17-2)11-8-5-3-4-6-10(8)18-12(14)9(11)7-13/h3-6,11H,14H2,1-2H3. The molecule has 1 aromatic carbocycles. The van der Waals surface area contributed by atoms with Gasteiger partial charge in [-0.1, -0.05) is 18.2 Å². The summed E-state index contributed by atoms with van der Waals surface area (Å²) in [4.78, 5) is 0. The molecule has 1 unspecified atom stereocenters. The van der Waals surface area contributed by atoms with E-state index >= 15 is 0 Å². The van der Waals surface area contributed by atoms with E-state index in [1.807, 2.05) is 6.07 Å². The number of hydrogen-bond donors (Lipinski definition) is 1. The van der Waals surface area contributed by atoms with E-state index in [9.17, 15) is 9.83 Å². The molecule has 1 atom stereocenters. The fourth-order valence-corrected chi connectivity index (χ4v) is 3.62. The van der Waals surface area contributed by atoms with Crippen molar-refractivity contribution in [3.63, 3.8) is 0 Å². The second-order valence-electron chi connectivity index (χ2n) is 3.84. The minimum atomic E-state index is -3.54. The highest BCUT2D eigenvalue weighted by Crippen LogP contribution is 2.65. The average molecular weight is 280 g/mol. The highest BCUT2D eigenvalue weighted by molar-refractivity contribution is 7.54. The van der Waals surface area contributed by atoms with Crippen molar-refractivity contribution in [2.75, 3.05) is 14.2 Å². The van der Waals surface area contributed by atoms with Gasteiger partial charge in [-0.05, 0) is 6.07 Å². The Balaban J connectivity index is 2.68. The monoisotopic (exact) mass is 280 g/mol. The van der Waals surface area contributed by atoms with E-state index in [1.54, 1.807) is 24.3 Å². The third-order valence-electron chi connectivity index (χ3n) is 2.92. The molecule has 0 bridgehead atoms. The number of nitrogens with zero attached hydrogens (tertiary/aromatic N) is 1. The number of nitriles is 1. The molecule has 7 heteroatoms. The minimum absolute atomic E-state index is 0.0470. The van der Waals surface area contributed by atoms with Crippen molar-refractivity contribution in [1.29, 1.82) is 5.26 Å². The van der Waals surface area contributed by atoms with E-state index in [4.69, 9.17) is 19.5 Å². The van der Waals surface area contributed by atoms with Crippen LogP contribution in [0.4, 0.5) is 0 Å². The van der Waals surface area contributed by atoms with Crippen molar-refractivity contribution in [2.45, 2.75) is 5.66 Å². The zero-order valence-electron chi connectivity index (χ0n) is 10.5. The molecule has 1 aliphatic heterocycles. The fraction of sp³-hybridized carbons (Fsp3) is 0.250. The van der Waals surface area contributed by atoms with Gasteiger partial charge in [-0.25, -0.2) is 0 Å². The molecule has 100 valence electrons. The molecule has 2 N–H and O–H groups in total. The second kappa shape index (κ2) is 5.06. The normalized spacial score (nSPS) is 18.5. The van der Waals surface area contributed by atoms with E-state index < -0.39 is 13.3 Å². The van der Waals surface area contributed by atoms with Gasteiger partial charge in [0.2, 0.25) is 5.88 Å². The summed E-state index contributed by atoms with van der Waals surface area (Å²) in [5.41, 5.74) is 5.43. The molecule has 1 aromatic rings. The summed E-state index contributed by atoms with van der Waals surface area (Å²) < 4.78 is 28.0.